The van der Waals surface area contributed by atoms with E-state index >= 15 is 0 Å². The van der Waals surface area contributed by atoms with Gasteiger partial charge in [-0.15, -0.1) is 0 Å². The summed E-state index contributed by atoms with van der Waals surface area (Å²) in [5.41, 5.74) is 1.45. The van der Waals surface area contributed by atoms with Gasteiger partial charge in [-0.05, 0) is 111 Å². The molecule has 4 bridgehead atoms. The summed E-state index contributed by atoms with van der Waals surface area (Å²) in [6.07, 6.45) is 7.98. The van der Waals surface area contributed by atoms with E-state index in [2.05, 4.69) is 10.0 Å². The largest absolute Gasteiger partial charge is 0.326 e. The van der Waals surface area contributed by atoms with Gasteiger partial charge in [0, 0.05) is 17.8 Å². The van der Waals surface area contributed by atoms with Crippen molar-refractivity contribution in [3.8, 4) is 0 Å². The average Bonchev–Trinajstić information content (AvgIpc) is 2.69. The fourth-order valence-electron chi connectivity index (χ4n) is 6.75. The molecule has 6 rings (SSSR count). The van der Waals surface area contributed by atoms with Crippen LogP contribution in [-0.2, 0) is 14.8 Å². The molecule has 0 atom stereocenters. The molecule has 0 heterocycles. The van der Waals surface area contributed by atoms with Crippen molar-refractivity contribution in [2.24, 2.45) is 23.2 Å². The van der Waals surface area contributed by atoms with E-state index in [1.54, 1.807) is 19.1 Å². The second-order valence-corrected chi connectivity index (χ2v) is 11.9. The molecule has 170 valence electrons. The number of nitrogens with one attached hydrogen (secondary N) is 2. The number of aryl methyl sites for hydroxylation is 1. The minimum Gasteiger partial charge on any atom is -0.326 e. The van der Waals surface area contributed by atoms with Gasteiger partial charge >= 0.3 is 0 Å². The summed E-state index contributed by atoms with van der Waals surface area (Å²) in [7, 11) is -3.88. The van der Waals surface area contributed by atoms with Gasteiger partial charge in [0.2, 0.25) is 5.91 Å². The maximum absolute atomic E-state index is 13.1. The topological polar surface area (TPSA) is 75.3 Å². The summed E-state index contributed by atoms with van der Waals surface area (Å²) < 4.78 is 41.5. The Kier molecular flexibility index (Phi) is 5.27. The van der Waals surface area contributed by atoms with E-state index in [9.17, 15) is 17.6 Å². The highest BCUT2D eigenvalue weighted by molar-refractivity contribution is 7.92. The van der Waals surface area contributed by atoms with Crippen LogP contribution in [0, 0.1) is 35.9 Å². The van der Waals surface area contributed by atoms with Crippen LogP contribution < -0.4 is 10.0 Å². The number of anilines is 2. The number of rotatable bonds is 6. The van der Waals surface area contributed by atoms with Gasteiger partial charge in [-0.3, -0.25) is 9.52 Å². The maximum Gasteiger partial charge on any atom is 0.262 e. The Morgan fingerprint density at radius 1 is 0.969 bits per heavy atom. The second kappa shape index (κ2) is 7.87. The number of benzene rings is 2. The number of sulfonamides is 1. The Morgan fingerprint density at radius 2 is 1.53 bits per heavy atom. The molecule has 2 aromatic carbocycles. The summed E-state index contributed by atoms with van der Waals surface area (Å²) in [4.78, 5) is 13.0. The Labute approximate surface area is 188 Å². The number of hydrogen-bond donors (Lipinski definition) is 2. The van der Waals surface area contributed by atoms with Crippen molar-refractivity contribution in [2.45, 2.75) is 56.8 Å². The lowest BCUT2D eigenvalue weighted by molar-refractivity contribution is -0.124. The van der Waals surface area contributed by atoms with Gasteiger partial charge in [0.25, 0.3) is 10.0 Å². The maximum atomic E-state index is 13.1. The van der Waals surface area contributed by atoms with Crippen molar-refractivity contribution in [1.29, 1.82) is 0 Å². The molecule has 0 aromatic heterocycles. The summed E-state index contributed by atoms with van der Waals surface area (Å²) in [6, 6.07) is 10.1. The molecule has 0 radical (unpaired) electrons. The van der Waals surface area contributed by atoms with Gasteiger partial charge in [-0.25, -0.2) is 12.8 Å². The molecule has 7 heteroatoms. The third-order valence-electron chi connectivity index (χ3n) is 7.56. The van der Waals surface area contributed by atoms with Gasteiger partial charge < -0.3 is 5.32 Å². The van der Waals surface area contributed by atoms with Crippen LogP contribution in [-0.4, -0.2) is 14.3 Å². The van der Waals surface area contributed by atoms with Crippen molar-refractivity contribution in [3.05, 3.63) is 53.8 Å². The van der Waals surface area contributed by atoms with E-state index in [4.69, 9.17) is 0 Å². The molecule has 4 aliphatic rings. The van der Waals surface area contributed by atoms with E-state index in [0.29, 0.717) is 17.7 Å². The van der Waals surface area contributed by atoms with Crippen LogP contribution in [0.15, 0.2) is 47.4 Å². The van der Waals surface area contributed by atoms with Crippen LogP contribution in [0.4, 0.5) is 15.8 Å². The normalized spacial score (nSPS) is 28.5. The first kappa shape index (κ1) is 21.4. The molecule has 4 fully saturated rings. The molecule has 5 nitrogen and oxygen atoms in total. The molecule has 4 saturated carbocycles. The molecule has 0 unspecified atom stereocenters. The van der Waals surface area contributed by atoms with Gasteiger partial charge in [0.1, 0.15) is 5.82 Å². The zero-order chi connectivity index (χ0) is 22.5. The van der Waals surface area contributed by atoms with E-state index in [1.807, 2.05) is 0 Å². The molecule has 0 spiro atoms. The molecule has 1 amide bonds. The lowest BCUT2D eigenvalue weighted by Crippen LogP contribution is -2.47. The summed E-state index contributed by atoms with van der Waals surface area (Å²) in [5, 5.41) is 2.95. The van der Waals surface area contributed by atoms with Crippen LogP contribution in [0.1, 0.15) is 50.5 Å². The molecule has 0 aliphatic heterocycles. The van der Waals surface area contributed by atoms with Crippen molar-refractivity contribution >= 4 is 27.3 Å². The number of hydrogen-bond acceptors (Lipinski definition) is 3. The molecular weight excluding hydrogens is 427 g/mol. The average molecular weight is 457 g/mol. The third kappa shape index (κ3) is 4.27. The lowest BCUT2D eigenvalue weighted by atomic mass is 9.49. The highest BCUT2D eigenvalue weighted by atomic mass is 32.2. The third-order valence-corrected chi connectivity index (χ3v) is 9.08. The van der Waals surface area contributed by atoms with E-state index in [0.717, 1.165) is 37.0 Å². The Bertz CT molecular complexity index is 1110. The molecule has 4 aliphatic carbocycles. The highest BCUT2D eigenvalue weighted by Crippen LogP contribution is 2.61. The smallest absolute Gasteiger partial charge is 0.262 e. The van der Waals surface area contributed by atoms with Gasteiger partial charge in [0.05, 0.1) is 4.90 Å². The number of amides is 1. The van der Waals surface area contributed by atoms with Gasteiger partial charge in [0.15, 0.2) is 0 Å². The highest BCUT2D eigenvalue weighted by Gasteiger charge is 2.51. The second-order valence-electron chi connectivity index (χ2n) is 10.2. The minimum atomic E-state index is -3.88. The fraction of sp³-hybridized carbons (Fsp3) is 0.480. The Morgan fingerprint density at radius 3 is 2.12 bits per heavy atom. The molecule has 32 heavy (non-hydrogen) atoms. The fourth-order valence-corrected chi connectivity index (χ4v) is 8.08. The molecule has 0 saturated heterocycles. The molecule has 2 N–H and O–H groups in total. The quantitative estimate of drug-likeness (QED) is 0.604. The summed E-state index contributed by atoms with van der Waals surface area (Å²) in [6.45, 7) is 1.71. The number of halogens is 1. The van der Waals surface area contributed by atoms with E-state index in [-0.39, 0.29) is 21.9 Å². The van der Waals surface area contributed by atoms with Crippen molar-refractivity contribution < 1.29 is 17.6 Å². The van der Waals surface area contributed by atoms with Crippen molar-refractivity contribution in [3.63, 3.8) is 0 Å². The minimum absolute atomic E-state index is 0.0364. The van der Waals surface area contributed by atoms with Crippen LogP contribution in [0.25, 0.3) is 0 Å². The van der Waals surface area contributed by atoms with Crippen LogP contribution in [0.2, 0.25) is 0 Å². The SMILES string of the molecule is Cc1ccc(NC(=O)CC23CC4CC(CC(C4)C2)C3)cc1S(=O)(=O)Nc1ccc(F)cc1. The predicted molar refractivity (Wildman–Crippen MR) is 122 cm³/mol. The van der Waals surface area contributed by atoms with Gasteiger partial charge in [-0.2, -0.15) is 0 Å². The molecular formula is C25H29FN2O3S. The summed E-state index contributed by atoms with van der Waals surface area (Å²) >= 11 is 0. The first-order chi connectivity index (χ1) is 15.2. The van der Waals surface area contributed by atoms with Crippen LogP contribution >= 0.6 is 0 Å². The number of carbonyl (C=O) groups excluding carboxylic acids is 1. The van der Waals surface area contributed by atoms with Crippen LogP contribution in [0.3, 0.4) is 0 Å². The van der Waals surface area contributed by atoms with Gasteiger partial charge in [-0.1, -0.05) is 6.07 Å². The Balaban J connectivity index is 1.30. The van der Waals surface area contributed by atoms with E-state index < -0.39 is 15.8 Å². The number of carbonyl (C=O) groups is 1. The van der Waals surface area contributed by atoms with Crippen molar-refractivity contribution in [2.75, 3.05) is 10.0 Å². The first-order valence-corrected chi connectivity index (χ1v) is 12.9. The predicted octanol–water partition coefficient (Wildman–Crippen LogP) is 5.48. The van der Waals surface area contributed by atoms with E-state index in [1.165, 1.54) is 49.6 Å². The van der Waals surface area contributed by atoms with Crippen LogP contribution in [0.5, 0.6) is 0 Å². The first-order valence-electron chi connectivity index (χ1n) is 11.4. The van der Waals surface area contributed by atoms with Crippen molar-refractivity contribution in [1.82, 2.24) is 0 Å². The standard InChI is InChI=1S/C25H29FN2O3S/c1-16-2-5-22(11-23(16)32(30,31)28-21-6-3-20(26)4-7-21)27-24(29)15-25-12-17-8-18(13-25)10-19(9-17)14-25/h2-7,11,17-19,28H,8-10,12-15H2,1H3,(H,27,29). The molecule has 2 aromatic rings. The zero-order valence-electron chi connectivity index (χ0n) is 18.2. The monoisotopic (exact) mass is 456 g/mol. The Hall–Kier alpha value is -2.41. The lowest BCUT2D eigenvalue weighted by Gasteiger charge is -2.56. The zero-order valence-corrected chi connectivity index (χ0v) is 19.1. The summed E-state index contributed by atoms with van der Waals surface area (Å²) in [5.74, 6) is 1.87.